The van der Waals surface area contributed by atoms with E-state index in [9.17, 15) is 4.79 Å². The van der Waals surface area contributed by atoms with Crippen molar-refractivity contribution >= 4 is 16.7 Å². The summed E-state index contributed by atoms with van der Waals surface area (Å²) in [6, 6.07) is 20.3. The van der Waals surface area contributed by atoms with Gasteiger partial charge in [-0.3, -0.25) is 9.78 Å². The highest BCUT2D eigenvalue weighted by molar-refractivity contribution is 5.98. The van der Waals surface area contributed by atoms with Gasteiger partial charge in [0.2, 0.25) is 0 Å². The lowest BCUT2D eigenvalue weighted by Crippen LogP contribution is -2.40. The van der Waals surface area contributed by atoms with Gasteiger partial charge in [-0.05, 0) is 67.4 Å². The summed E-state index contributed by atoms with van der Waals surface area (Å²) in [5.41, 5.74) is 1.69. The molecule has 1 unspecified atom stereocenters. The summed E-state index contributed by atoms with van der Waals surface area (Å²) in [6.07, 6.45) is 4.89. The van der Waals surface area contributed by atoms with Gasteiger partial charge in [-0.25, -0.2) is 0 Å². The number of aromatic nitrogens is 1. The number of nitrogens with one attached hydrogen (secondary N) is 1. The Bertz CT molecular complexity index is 902. The number of benzene rings is 2. The molecule has 0 spiro atoms. The smallest absolute Gasteiger partial charge is 0.254 e. The fraction of sp³-hybridized carbons (Fsp3) is 0.304. The fourth-order valence-corrected chi connectivity index (χ4v) is 3.83. The first-order valence-electron chi connectivity index (χ1n) is 9.72. The van der Waals surface area contributed by atoms with Gasteiger partial charge < -0.3 is 10.2 Å². The van der Waals surface area contributed by atoms with Crippen molar-refractivity contribution in [2.45, 2.75) is 31.8 Å². The van der Waals surface area contributed by atoms with E-state index in [1.165, 1.54) is 0 Å². The number of pyridine rings is 1. The first kappa shape index (κ1) is 17.7. The van der Waals surface area contributed by atoms with Crippen LogP contribution < -0.4 is 5.32 Å². The van der Waals surface area contributed by atoms with Gasteiger partial charge in [-0.2, -0.15) is 0 Å². The number of hydrogen-bond acceptors (Lipinski definition) is 3. The zero-order valence-corrected chi connectivity index (χ0v) is 15.5. The standard InChI is InChI=1S/C23H25N3O/c27-23(20-11-10-18-6-1-2-7-19(18)16-20)26(17-21-8-3-4-14-25-21)22-9-5-13-24-15-12-22/h1-4,6-8,10-11,14,16,22,24H,5,9,12-13,15,17H2. The molecule has 1 aliphatic heterocycles. The Balaban J connectivity index is 1.65. The number of nitrogens with zero attached hydrogens (tertiary/aromatic N) is 2. The molecule has 4 nitrogen and oxygen atoms in total. The van der Waals surface area contributed by atoms with E-state index in [2.05, 4.69) is 22.4 Å². The largest absolute Gasteiger partial charge is 0.330 e. The summed E-state index contributed by atoms with van der Waals surface area (Å²) in [5.74, 6) is 0.0957. The van der Waals surface area contributed by atoms with Crippen LogP contribution in [0.5, 0.6) is 0 Å². The molecular formula is C23H25N3O. The van der Waals surface area contributed by atoms with Crippen molar-refractivity contribution in [1.82, 2.24) is 15.2 Å². The number of carbonyl (C=O) groups is 1. The lowest BCUT2D eigenvalue weighted by Gasteiger charge is -2.31. The van der Waals surface area contributed by atoms with Crippen molar-refractivity contribution in [3.8, 4) is 0 Å². The normalized spacial score (nSPS) is 17.4. The van der Waals surface area contributed by atoms with Gasteiger partial charge in [0.05, 0.1) is 12.2 Å². The summed E-state index contributed by atoms with van der Waals surface area (Å²) in [7, 11) is 0. The summed E-state index contributed by atoms with van der Waals surface area (Å²) in [5, 5.41) is 5.70. The minimum absolute atomic E-state index is 0.0957. The van der Waals surface area contributed by atoms with E-state index in [4.69, 9.17) is 0 Å². The van der Waals surface area contributed by atoms with Crippen molar-refractivity contribution in [2.75, 3.05) is 13.1 Å². The van der Waals surface area contributed by atoms with Gasteiger partial charge in [-0.1, -0.05) is 36.4 Å². The van der Waals surface area contributed by atoms with Gasteiger partial charge in [0, 0.05) is 17.8 Å². The summed E-state index contributed by atoms with van der Waals surface area (Å²) >= 11 is 0. The zero-order chi connectivity index (χ0) is 18.5. The SMILES string of the molecule is O=C(c1ccc2ccccc2c1)N(Cc1ccccn1)C1CCCNCC1. The monoisotopic (exact) mass is 359 g/mol. The van der Waals surface area contributed by atoms with Crippen LogP contribution in [-0.2, 0) is 6.54 Å². The van der Waals surface area contributed by atoms with Crippen LogP contribution in [0.3, 0.4) is 0 Å². The van der Waals surface area contributed by atoms with Crippen LogP contribution in [-0.4, -0.2) is 34.9 Å². The lowest BCUT2D eigenvalue weighted by molar-refractivity contribution is 0.0642. The zero-order valence-electron chi connectivity index (χ0n) is 15.5. The Hall–Kier alpha value is -2.72. The molecule has 0 bridgehead atoms. The molecule has 0 saturated carbocycles. The molecule has 0 radical (unpaired) electrons. The van der Waals surface area contributed by atoms with E-state index >= 15 is 0 Å². The molecule has 1 atom stereocenters. The highest BCUT2D eigenvalue weighted by Gasteiger charge is 2.26. The van der Waals surface area contributed by atoms with Gasteiger partial charge in [0.25, 0.3) is 5.91 Å². The number of fused-ring (bicyclic) bond motifs is 1. The number of carbonyl (C=O) groups excluding carboxylic acids is 1. The molecule has 4 heteroatoms. The molecule has 3 aromatic rings. The van der Waals surface area contributed by atoms with Gasteiger partial charge in [0.15, 0.2) is 0 Å². The van der Waals surface area contributed by atoms with Gasteiger partial charge in [0.1, 0.15) is 0 Å². The average molecular weight is 359 g/mol. The molecule has 2 aromatic carbocycles. The first-order chi connectivity index (χ1) is 13.3. The van der Waals surface area contributed by atoms with Crippen LogP contribution in [0, 0.1) is 0 Å². The first-order valence-corrected chi connectivity index (χ1v) is 9.72. The van der Waals surface area contributed by atoms with Crippen LogP contribution in [0.4, 0.5) is 0 Å². The predicted octanol–water partition coefficient (Wildman–Crippen LogP) is 4.02. The minimum Gasteiger partial charge on any atom is -0.330 e. The van der Waals surface area contributed by atoms with Crippen LogP contribution in [0.1, 0.15) is 35.3 Å². The third-order valence-electron chi connectivity index (χ3n) is 5.30. The predicted molar refractivity (Wildman–Crippen MR) is 109 cm³/mol. The van der Waals surface area contributed by atoms with E-state index < -0.39 is 0 Å². The van der Waals surface area contributed by atoms with Crippen LogP contribution in [0.25, 0.3) is 10.8 Å². The summed E-state index contributed by atoms with van der Waals surface area (Å²) in [4.78, 5) is 20.0. The molecule has 1 amide bonds. The molecule has 27 heavy (non-hydrogen) atoms. The van der Waals surface area contributed by atoms with Crippen LogP contribution in [0.2, 0.25) is 0 Å². The highest BCUT2D eigenvalue weighted by Crippen LogP contribution is 2.22. The van der Waals surface area contributed by atoms with E-state index in [0.29, 0.717) is 6.54 Å². The number of amides is 1. The van der Waals surface area contributed by atoms with Gasteiger partial charge in [-0.15, -0.1) is 0 Å². The molecule has 4 rings (SSSR count). The van der Waals surface area contributed by atoms with Crippen molar-refractivity contribution < 1.29 is 4.79 Å². The van der Waals surface area contributed by atoms with E-state index in [0.717, 1.165) is 54.4 Å². The second-order valence-corrected chi connectivity index (χ2v) is 7.15. The van der Waals surface area contributed by atoms with Crippen LogP contribution in [0.15, 0.2) is 66.9 Å². The molecule has 2 heterocycles. The van der Waals surface area contributed by atoms with Crippen molar-refractivity contribution in [3.05, 3.63) is 78.1 Å². The maximum absolute atomic E-state index is 13.5. The Morgan fingerprint density at radius 1 is 1.00 bits per heavy atom. The minimum atomic E-state index is 0.0957. The summed E-state index contributed by atoms with van der Waals surface area (Å²) in [6.45, 7) is 2.53. The molecule has 1 saturated heterocycles. The molecule has 1 N–H and O–H groups in total. The van der Waals surface area contributed by atoms with E-state index in [-0.39, 0.29) is 11.9 Å². The van der Waals surface area contributed by atoms with Gasteiger partial charge >= 0.3 is 0 Å². The van der Waals surface area contributed by atoms with E-state index in [1.54, 1.807) is 6.20 Å². The highest BCUT2D eigenvalue weighted by atomic mass is 16.2. The Kier molecular flexibility index (Phi) is 5.45. The Labute approximate surface area is 160 Å². The topological polar surface area (TPSA) is 45.2 Å². The lowest BCUT2D eigenvalue weighted by atomic mass is 10.0. The molecule has 1 fully saturated rings. The molecule has 138 valence electrons. The average Bonchev–Trinajstić information content (AvgIpc) is 3.01. The van der Waals surface area contributed by atoms with Crippen LogP contribution >= 0.6 is 0 Å². The number of rotatable bonds is 4. The van der Waals surface area contributed by atoms with Crippen molar-refractivity contribution in [3.63, 3.8) is 0 Å². The maximum Gasteiger partial charge on any atom is 0.254 e. The Morgan fingerprint density at radius 2 is 1.85 bits per heavy atom. The molecule has 0 aliphatic carbocycles. The molecule has 1 aromatic heterocycles. The van der Waals surface area contributed by atoms with Crippen molar-refractivity contribution in [1.29, 1.82) is 0 Å². The van der Waals surface area contributed by atoms with Crippen molar-refractivity contribution in [2.24, 2.45) is 0 Å². The molecular weight excluding hydrogens is 334 g/mol. The second-order valence-electron chi connectivity index (χ2n) is 7.15. The maximum atomic E-state index is 13.5. The quantitative estimate of drug-likeness (QED) is 0.765. The molecule has 1 aliphatic rings. The number of hydrogen-bond donors (Lipinski definition) is 1. The summed E-state index contributed by atoms with van der Waals surface area (Å²) < 4.78 is 0. The van der Waals surface area contributed by atoms with E-state index in [1.807, 2.05) is 53.4 Å². The fourth-order valence-electron chi connectivity index (χ4n) is 3.83. The third kappa shape index (κ3) is 4.17. The third-order valence-corrected chi connectivity index (χ3v) is 5.30. The second kappa shape index (κ2) is 8.31. The Morgan fingerprint density at radius 3 is 2.70 bits per heavy atom.